The summed E-state index contributed by atoms with van der Waals surface area (Å²) in [7, 11) is 0. The van der Waals surface area contributed by atoms with Gasteiger partial charge < -0.3 is 10.1 Å². The van der Waals surface area contributed by atoms with Gasteiger partial charge in [-0.1, -0.05) is 29.8 Å². The van der Waals surface area contributed by atoms with Crippen LogP contribution in [0, 0.1) is 12.7 Å². The standard InChI is InChI=1S/C21H23FN4O/c1-15-2-4-16(5-3-15)20(26-8-10-27-11-9-26)13-23-21-18-12-17(22)6-7-19(18)24-14-25-21/h2-7,12,14,20H,8-11,13H2,1H3,(H,23,24,25). The van der Waals surface area contributed by atoms with Gasteiger partial charge in [-0.05, 0) is 30.7 Å². The predicted molar refractivity (Wildman–Crippen MR) is 104 cm³/mol. The summed E-state index contributed by atoms with van der Waals surface area (Å²) in [5, 5.41) is 4.12. The van der Waals surface area contributed by atoms with E-state index in [1.807, 2.05) is 0 Å². The van der Waals surface area contributed by atoms with Gasteiger partial charge in [0.2, 0.25) is 0 Å². The molecule has 0 bridgehead atoms. The van der Waals surface area contributed by atoms with Crippen molar-refractivity contribution in [3.63, 3.8) is 0 Å². The molecule has 2 aromatic carbocycles. The van der Waals surface area contributed by atoms with Crippen molar-refractivity contribution in [2.45, 2.75) is 13.0 Å². The molecule has 1 aliphatic rings. The van der Waals surface area contributed by atoms with Gasteiger partial charge in [0.15, 0.2) is 0 Å². The average Bonchev–Trinajstić information content (AvgIpc) is 2.70. The molecule has 0 saturated carbocycles. The first kappa shape index (κ1) is 17.8. The number of ether oxygens (including phenoxy) is 1. The molecule has 1 aliphatic heterocycles. The van der Waals surface area contributed by atoms with Crippen molar-refractivity contribution < 1.29 is 9.13 Å². The topological polar surface area (TPSA) is 50.3 Å². The van der Waals surface area contributed by atoms with E-state index >= 15 is 0 Å². The number of halogens is 1. The highest BCUT2D eigenvalue weighted by molar-refractivity contribution is 5.88. The van der Waals surface area contributed by atoms with E-state index in [9.17, 15) is 4.39 Å². The van der Waals surface area contributed by atoms with Crippen LogP contribution in [0.25, 0.3) is 10.9 Å². The Morgan fingerprint density at radius 2 is 1.89 bits per heavy atom. The fraction of sp³-hybridized carbons (Fsp3) is 0.333. The van der Waals surface area contributed by atoms with Gasteiger partial charge in [0.25, 0.3) is 0 Å². The maximum absolute atomic E-state index is 13.7. The van der Waals surface area contributed by atoms with Crippen LogP contribution >= 0.6 is 0 Å². The van der Waals surface area contributed by atoms with E-state index in [4.69, 9.17) is 4.74 Å². The van der Waals surface area contributed by atoms with E-state index in [1.54, 1.807) is 6.07 Å². The third-order valence-electron chi connectivity index (χ3n) is 5.01. The summed E-state index contributed by atoms with van der Waals surface area (Å²) in [6, 6.07) is 13.4. The molecule has 1 unspecified atom stereocenters. The van der Waals surface area contributed by atoms with Crippen molar-refractivity contribution >= 4 is 16.7 Å². The molecule has 140 valence electrons. The molecule has 27 heavy (non-hydrogen) atoms. The monoisotopic (exact) mass is 366 g/mol. The number of aromatic nitrogens is 2. The summed E-state index contributed by atoms with van der Waals surface area (Å²) in [6.45, 7) is 6.02. The Morgan fingerprint density at radius 3 is 2.67 bits per heavy atom. The van der Waals surface area contributed by atoms with Crippen LogP contribution in [0.3, 0.4) is 0 Å². The Labute approximate surface area is 158 Å². The lowest BCUT2D eigenvalue weighted by Crippen LogP contribution is -2.41. The molecule has 0 spiro atoms. The number of hydrogen-bond acceptors (Lipinski definition) is 5. The molecule has 0 amide bonds. The number of morpholine rings is 1. The Balaban J connectivity index is 1.60. The van der Waals surface area contributed by atoms with Crippen LogP contribution in [0.15, 0.2) is 48.8 Å². The minimum absolute atomic E-state index is 0.188. The van der Waals surface area contributed by atoms with E-state index in [0.29, 0.717) is 17.7 Å². The van der Waals surface area contributed by atoms with Gasteiger partial charge in [0.1, 0.15) is 18.0 Å². The molecule has 1 N–H and O–H groups in total. The van der Waals surface area contributed by atoms with Gasteiger partial charge in [0.05, 0.1) is 24.8 Å². The molecule has 1 aromatic heterocycles. The minimum Gasteiger partial charge on any atom is -0.379 e. The van der Waals surface area contributed by atoms with Crippen LogP contribution in [-0.2, 0) is 4.74 Å². The van der Waals surface area contributed by atoms with Crippen molar-refractivity contribution in [2.75, 3.05) is 38.2 Å². The fourth-order valence-electron chi connectivity index (χ4n) is 3.50. The van der Waals surface area contributed by atoms with Crippen molar-refractivity contribution in [3.05, 3.63) is 65.7 Å². The third-order valence-corrected chi connectivity index (χ3v) is 5.01. The first-order valence-electron chi connectivity index (χ1n) is 9.23. The molecular formula is C21H23FN4O. The zero-order valence-electron chi connectivity index (χ0n) is 15.4. The summed E-state index contributed by atoms with van der Waals surface area (Å²) >= 11 is 0. The van der Waals surface area contributed by atoms with Gasteiger partial charge in [-0.3, -0.25) is 4.90 Å². The van der Waals surface area contributed by atoms with E-state index in [0.717, 1.165) is 31.8 Å². The molecule has 1 saturated heterocycles. The highest BCUT2D eigenvalue weighted by Crippen LogP contribution is 2.25. The lowest BCUT2D eigenvalue weighted by atomic mass is 10.0. The normalized spacial score (nSPS) is 16.4. The maximum Gasteiger partial charge on any atom is 0.137 e. The van der Waals surface area contributed by atoms with Crippen LogP contribution in [0.1, 0.15) is 17.2 Å². The van der Waals surface area contributed by atoms with Crippen molar-refractivity contribution in [1.29, 1.82) is 0 Å². The first-order chi connectivity index (χ1) is 13.2. The number of nitrogens with zero attached hydrogens (tertiary/aromatic N) is 3. The van der Waals surface area contributed by atoms with Gasteiger partial charge >= 0.3 is 0 Å². The molecule has 5 nitrogen and oxygen atoms in total. The smallest absolute Gasteiger partial charge is 0.137 e. The maximum atomic E-state index is 13.7. The number of anilines is 1. The van der Waals surface area contributed by atoms with Crippen molar-refractivity contribution in [3.8, 4) is 0 Å². The number of rotatable bonds is 5. The van der Waals surface area contributed by atoms with Crippen molar-refractivity contribution in [2.24, 2.45) is 0 Å². The molecule has 1 atom stereocenters. The molecular weight excluding hydrogens is 343 g/mol. The fourth-order valence-corrected chi connectivity index (χ4v) is 3.50. The average molecular weight is 366 g/mol. The van der Waals surface area contributed by atoms with Crippen LogP contribution in [-0.4, -0.2) is 47.7 Å². The van der Waals surface area contributed by atoms with Crippen LogP contribution < -0.4 is 5.32 Å². The first-order valence-corrected chi connectivity index (χ1v) is 9.23. The Bertz CT molecular complexity index is 910. The zero-order chi connectivity index (χ0) is 18.6. The second-order valence-electron chi connectivity index (χ2n) is 6.84. The Morgan fingerprint density at radius 1 is 1.11 bits per heavy atom. The number of hydrogen-bond donors (Lipinski definition) is 1. The van der Waals surface area contributed by atoms with Gasteiger partial charge in [0, 0.05) is 25.0 Å². The quantitative estimate of drug-likeness (QED) is 0.748. The minimum atomic E-state index is -0.288. The molecule has 6 heteroatoms. The molecule has 0 aliphatic carbocycles. The van der Waals surface area contributed by atoms with E-state index in [1.165, 1.54) is 29.6 Å². The molecule has 4 rings (SSSR count). The lowest BCUT2D eigenvalue weighted by Gasteiger charge is -2.35. The van der Waals surface area contributed by atoms with Crippen molar-refractivity contribution in [1.82, 2.24) is 14.9 Å². The SMILES string of the molecule is Cc1ccc(C(CNc2ncnc3ccc(F)cc23)N2CCOCC2)cc1. The van der Waals surface area contributed by atoms with E-state index < -0.39 is 0 Å². The summed E-state index contributed by atoms with van der Waals surface area (Å²) in [5.74, 6) is 0.369. The van der Waals surface area contributed by atoms with E-state index in [-0.39, 0.29) is 11.9 Å². The summed E-state index contributed by atoms with van der Waals surface area (Å²) < 4.78 is 19.2. The number of fused-ring (bicyclic) bond motifs is 1. The zero-order valence-corrected chi connectivity index (χ0v) is 15.4. The Hall–Kier alpha value is -2.57. The largest absolute Gasteiger partial charge is 0.379 e. The van der Waals surface area contributed by atoms with Crippen LogP contribution in [0.5, 0.6) is 0 Å². The van der Waals surface area contributed by atoms with Crippen LogP contribution in [0.4, 0.5) is 10.2 Å². The molecule has 1 fully saturated rings. The Kier molecular flexibility index (Phi) is 5.27. The number of nitrogens with one attached hydrogen (secondary N) is 1. The van der Waals surface area contributed by atoms with Gasteiger partial charge in [-0.2, -0.15) is 0 Å². The summed E-state index contributed by atoms with van der Waals surface area (Å²) in [4.78, 5) is 11.0. The van der Waals surface area contributed by atoms with E-state index in [2.05, 4.69) is 51.4 Å². The summed E-state index contributed by atoms with van der Waals surface area (Å²) in [5.41, 5.74) is 3.22. The van der Waals surface area contributed by atoms with Crippen LogP contribution in [0.2, 0.25) is 0 Å². The number of benzene rings is 2. The number of aryl methyl sites for hydroxylation is 1. The summed E-state index contributed by atoms with van der Waals surface area (Å²) in [6.07, 6.45) is 1.51. The highest BCUT2D eigenvalue weighted by Gasteiger charge is 2.23. The highest BCUT2D eigenvalue weighted by atomic mass is 19.1. The molecule has 2 heterocycles. The third kappa shape index (κ3) is 4.07. The lowest BCUT2D eigenvalue weighted by molar-refractivity contribution is 0.0187. The second-order valence-corrected chi connectivity index (χ2v) is 6.84. The molecule has 3 aromatic rings. The van der Waals surface area contributed by atoms with Gasteiger partial charge in [-0.25, -0.2) is 14.4 Å². The van der Waals surface area contributed by atoms with Gasteiger partial charge in [-0.15, -0.1) is 0 Å². The predicted octanol–water partition coefficient (Wildman–Crippen LogP) is 3.56. The molecule has 0 radical (unpaired) electrons. The second kappa shape index (κ2) is 7.98.